The fourth-order valence-electron chi connectivity index (χ4n) is 3.17. The van der Waals surface area contributed by atoms with Crippen molar-refractivity contribution in [1.29, 1.82) is 0 Å². The van der Waals surface area contributed by atoms with Crippen LogP contribution in [0.15, 0.2) is 24.3 Å². The Labute approximate surface area is 149 Å². The van der Waals surface area contributed by atoms with Crippen molar-refractivity contribution in [3.8, 4) is 0 Å². The molecular formula is C18H27ClFNO3. The average molecular weight is 360 g/mol. The molecule has 0 saturated carbocycles. The smallest absolute Gasteiger partial charge is 0.325 e. The van der Waals surface area contributed by atoms with E-state index in [1.54, 1.807) is 12.1 Å². The van der Waals surface area contributed by atoms with Crippen LogP contribution in [0.5, 0.6) is 0 Å². The molecule has 1 saturated heterocycles. The van der Waals surface area contributed by atoms with Gasteiger partial charge in [-0.25, -0.2) is 4.39 Å². The number of hydrogen-bond acceptors (Lipinski definition) is 4. The van der Waals surface area contributed by atoms with Gasteiger partial charge in [0.25, 0.3) is 0 Å². The molecule has 136 valence electrons. The minimum atomic E-state index is -0.732. The lowest BCUT2D eigenvalue weighted by Gasteiger charge is -2.30. The highest BCUT2D eigenvalue weighted by Crippen LogP contribution is 2.28. The predicted molar refractivity (Wildman–Crippen MR) is 93.6 cm³/mol. The summed E-state index contributed by atoms with van der Waals surface area (Å²) in [7, 11) is 0. The molecule has 1 heterocycles. The zero-order valence-corrected chi connectivity index (χ0v) is 15.1. The van der Waals surface area contributed by atoms with E-state index < -0.39 is 12.0 Å². The minimum Gasteiger partial charge on any atom is -0.461 e. The molecule has 1 aliphatic rings. The van der Waals surface area contributed by atoms with E-state index in [9.17, 15) is 9.18 Å². The number of carbonyl (C=O) groups excluding carboxylic acids is 1. The molecule has 1 aromatic rings. The van der Waals surface area contributed by atoms with Gasteiger partial charge < -0.3 is 15.2 Å². The summed E-state index contributed by atoms with van der Waals surface area (Å²) in [6, 6.07) is 5.76. The van der Waals surface area contributed by atoms with E-state index >= 15 is 0 Å². The van der Waals surface area contributed by atoms with Crippen molar-refractivity contribution >= 4 is 18.4 Å². The third-order valence-corrected chi connectivity index (χ3v) is 4.49. The van der Waals surface area contributed by atoms with Crippen LogP contribution in [0.1, 0.15) is 32.3 Å². The highest BCUT2D eigenvalue weighted by molar-refractivity contribution is 5.85. The standard InChI is InChI=1S/C18H26FNO3.ClH/c1-3-4-14-10-22-11-17(20)18(21)23-12(2)16(14)9-13-5-7-15(19)8-6-13;/h5-8,12,14,16-17H,3-4,9-11,20H2,1-2H3;1H/t12-,14-,16-,17-;/m0./s1. The number of cyclic esters (lactones) is 1. The lowest BCUT2D eigenvalue weighted by atomic mass is 9.81. The van der Waals surface area contributed by atoms with Gasteiger partial charge >= 0.3 is 5.97 Å². The fourth-order valence-corrected chi connectivity index (χ4v) is 3.17. The van der Waals surface area contributed by atoms with E-state index in [-0.39, 0.29) is 42.8 Å². The summed E-state index contributed by atoms with van der Waals surface area (Å²) < 4.78 is 24.3. The average Bonchev–Trinajstić information content (AvgIpc) is 2.56. The van der Waals surface area contributed by atoms with E-state index in [1.165, 1.54) is 12.1 Å². The molecule has 0 unspecified atom stereocenters. The number of halogens is 2. The summed E-state index contributed by atoms with van der Waals surface area (Å²) in [5, 5.41) is 0. The number of nitrogens with two attached hydrogens (primary N) is 1. The molecule has 0 spiro atoms. The van der Waals surface area contributed by atoms with Gasteiger partial charge in [0.15, 0.2) is 0 Å². The summed E-state index contributed by atoms with van der Waals surface area (Å²) >= 11 is 0. The van der Waals surface area contributed by atoms with Crippen LogP contribution in [-0.2, 0) is 20.7 Å². The summed E-state index contributed by atoms with van der Waals surface area (Å²) in [5.74, 6) is -0.270. The monoisotopic (exact) mass is 359 g/mol. The molecule has 1 fully saturated rings. The Morgan fingerprint density at radius 2 is 1.92 bits per heavy atom. The van der Waals surface area contributed by atoms with Crippen LogP contribution in [0.4, 0.5) is 4.39 Å². The van der Waals surface area contributed by atoms with E-state index in [0.29, 0.717) is 6.61 Å². The number of rotatable bonds is 4. The maximum absolute atomic E-state index is 13.1. The van der Waals surface area contributed by atoms with Crippen molar-refractivity contribution in [2.45, 2.75) is 45.3 Å². The molecule has 0 aromatic heterocycles. The Hall–Kier alpha value is -1.17. The first-order valence-electron chi connectivity index (χ1n) is 8.29. The van der Waals surface area contributed by atoms with Crippen LogP contribution >= 0.6 is 12.4 Å². The molecule has 0 bridgehead atoms. The first-order valence-corrected chi connectivity index (χ1v) is 8.29. The Kier molecular flexibility index (Phi) is 8.67. The topological polar surface area (TPSA) is 61.5 Å². The quantitative estimate of drug-likeness (QED) is 0.839. The highest BCUT2D eigenvalue weighted by Gasteiger charge is 2.32. The van der Waals surface area contributed by atoms with Crippen LogP contribution in [0, 0.1) is 17.7 Å². The molecule has 0 aliphatic carbocycles. The van der Waals surface area contributed by atoms with Crippen molar-refractivity contribution in [2.24, 2.45) is 17.6 Å². The first-order chi connectivity index (χ1) is 11.0. The number of hydrogen-bond donors (Lipinski definition) is 1. The second kappa shape index (κ2) is 9.97. The SMILES string of the molecule is CCC[C@H]1COC[C@H](N)C(=O)O[C@@H](C)[C@@H]1Cc1ccc(F)cc1.Cl. The summed E-state index contributed by atoms with van der Waals surface area (Å²) in [4.78, 5) is 12.0. The number of esters is 1. The van der Waals surface area contributed by atoms with E-state index in [0.717, 1.165) is 24.8 Å². The predicted octanol–water partition coefficient (Wildman–Crippen LogP) is 3.11. The number of benzene rings is 1. The largest absolute Gasteiger partial charge is 0.461 e. The van der Waals surface area contributed by atoms with Gasteiger partial charge in [-0.15, -0.1) is 12.4 Å². The van der Waals surface area contributed by atoms with Gasteiger partial charge in [-0.2, -0.15) is 0 Å². The maximum Gasteiger partial charge on any atom is 0.325 e. The van der Waals surface area contributed by atoms with Gasteiger partial charge in [-0.1, -0.05) is 25.5 Å². The molecule has 0 amide bonds. The van der Waals surface area contributed by atoms with Gasteiger partial charge in [0, 0.05) is 12.5 Å². The Morgan fingerprint density at radius 3 is 2.54 bits per heavy atom. The van der Waals surface area contributed by atoms with Crippen molar-refractivity contribution < 1.29 is 18.7 Å². The van der Waals surface area contributed by atoms with Crippen molar-refractivity contribution in [3.63, 3.8) is 0 Å². The Bertz CT molecular complexity index is 511. The van der Waals surface area contributed by atoms with Crippen molar-refractivity contribution in [2.75, 3.05) is 13.2 Å². The molecule has 1 aliphatic heterocycles. The molecule has 4 atom stereocenters. The van der Waals surface area contributed by atoms with Crippen molar-refractivity contribution in [1.82, 2.24) is 0 Å². The highest BCUT2D eigenvalue weighted by atomic mass is 35.5. The zero-order valence-electron chi connectivity index (χ0n) is 14.2. The van der Waals surface area contributed by atoms with Crippen LogP contribution < -0.4 is 5.73 Å². The molecule has 6 heteroatoms. The molecule has 2 rings (SSSR count). The normalized spacial score (nSPS) is 28.1. The third-order valence-electron chi connectivity index (χ3n) is 4.49. The lowest BCUT2D eigenvalue weighted by Crippen LogP contribution is -2.39. The summed E-state index contributed by atoms with van der Waals surface area (Å²) in [6.45, 7) is 4.79. The first kappa shape index (κ1) is 20.9. The minimum absolute atomic E-state index is 0. The van der Waals surface area contributed by atoms with Gasteiger partial charge in [0.1, 0.15) is 18.0 Å². The third kappa shape index (κ3) is 5.72. The van der Waals surface area contributed by atoms with Gasteiger partial charge in [-0.3, -0.25) is 4.79 Å². The second-order valence-corrected chi connectivity index (χ2v) is 6.33. The molecular weight excluding hydrogens is 333 g/mol. The number of ether oxygens (including phenoxy) is 2. The molecule has 1 aromatic carbocycles. The van der Waals surface area contributed by atoms with Crippen LogP contribution in [0.2, 0.25) is 0 Å². The molecule has 4 nitrogen and oxygen atoms in total. The zero-order chi connectivity index (χ0) is 16.8. The summed E-state index contributed by atoms with van der Waals surface area (Å²) in [6.07, 6.45) is 2.48. The Balaban J connectivity index is 0.00000288. The fraction of sp³-hybridized carbons (Fsp3) is 0.611. The van der Waals surface area contributed by atoms with Crippen molar-refractivity contribution in [3.05, 3.63) is 35.6 Å². The molecule has 0 radical (unpaired) electrons. The van der Waals surface area contributed by atoms with Crippen LogP contribution in [0.3, 0.4) is 0 Å². The Morgan fingerprint density at radius 1 is 1.25 bits per heavy atom. The van der Waals surface area contributed by atoms with Crippen LogP contribution in [-0.4, -0.2) is 31.3 Å². The van der Waals surface area contributed by atoms with Gasteiger partial charge in [-0.05, 0) is 43.4 Å². The van der Waals surface area contributed by atoms with E-state index in [4.69, 9.17) is 15.2 Å². The van der Waals surface area contributed by atoms with Crippen LogP contribution in [0.25, 0.3) is 0 Å². The molecule has 2 N–H and O–H groups in total. The van der Waals surface area contributed by atoms with Gasteiger partial charge in [0.05, 0.1) is 6.61 Å². The van der Waals surface area contributed by atoms with E-state index in [1.807, 2.05) is 6.92 Å². The van der Waals surface area contributed by atoms with Gasteiger partial charge in [0.2, 0.25) is 0 Å². The second-order valence-electron chi connectivity index (χ2n) is 6.33. The number of carbonyl (C=O) groups is 1. The molecule has 24 heavy (non-hydrogen) atoms. The lowest BCUT2D eigenvalue weighted by molar-refractivity contribution is -0.153. The summed E-state index contributed by atoms with van der Waals surface area (Å²) in [5.41, 5.74) is 6.80. The van der Waals surface area contributed by atoms with E-state index in [2.05, 4.69) is 6.92 Å². The maximum atomic E-state index is 13.1.